The molecule has 0 bridgehead atoms. The summed E-state index contributed by atoms with van der Waals surface area (Å²) in [6.07, 6.45) is 3.20. The van der Waals surface area contributed by atoms with E-state index in [-0.39, 0.29) is 166 Å². The van der Waals surface area contributed by atoms with Gasteiger partial charge in [0.1, 0.15) is 17.8 Å². The highest BCUT2D eigenvalue weighted by Gasteiger charge is 2.29. The van der Waals surface area contributed by atoms with E-state index in [1.165, 1.54) is 12.1 Å². The maximum Gasteiger partial charge on any atom is 0.344 e. The summed E-state index contributed by atoms with van der Waals surface area (Å²) in [6, 6.07) is 28.2. The van der Waals surface area contributed by atoms with Crippen molar-refractivity contribution in [3.8, 4) is 5.75 Å². The van der Waals surface area contributed by atoms with Gasteiger partial charge in [0.15, 0.2) is 5.96 Å². The molecule has 4 aromatic carbocycles. The van der Waals surface area contributed by atoms with E-state index in [9.17, 15) is 68.4 Å². The predicted molar refractivity (Wildman–Crippen MR) is 365 cm³/mol. The largest absolute Gasteiger partial charge is 0.508 e. The monoisotopic (exact) mass is 1350 g/mol. The Morgan fingerprint density at radius 2 is 0.979 bits per heavy atom. The molecule has 1 fully saturated rings. The first-order valence-corrected chi connectivity index (χ1v) is 32.9. The molecule has 5 rings (SSSR count). The van der Waals surface area contributed by atoms with Crippen molar-refractivity contribution in [3.05, 3.63) is 131 Å². The van der Waals surface area contributed by atoms with Crippen LogP contribution in [0.1, 0.15) is 92.0 Å². The minimum atomic E-state index is -1.06. The number of aryl methyl sites for hydroxylation is 2. The Kier molecular flexibility index (Phi) is 34.9. The van der Waals surface area contributed by atoms with E-state index >= 15 is 0 Å². The number of hydrogen-bond acceptors (Lipinski definition) is 16. The molecule has 97 heavy (non-hydrogen) atoms. The number of nitrogens with two attached hydrogens (primary N) is 1. The number of carbonyl (C=O) groups is 10. The maximum absolute atomic E-state index is 14.5. The molecule has 3 atom stereocenters. The average molecular weight is 1350 g/mol. The molecule has 1 saturated heterocycles. The van der Waals surface area contributed by atoms with Crippen LogP contribution in [0.25, 0.3) is 0 Å². The van der Waals surface area contributed by atoms with Gasteiger partial charge < -0.3 is 74.0 Å². The van der Waals surface area contributed by atoms with Crippen LogP contribution in [0.15, 0.2) is 108 Å². The number of urea groups is 1. The smallest absolute Gasteiger partial charge is 0.344 e. The van der Waals surface area contributed by atoms with E-state index in [0.717, 1.165) is 22.4 Å². The maximum atomic E-state index is 14.5. The number of guanidine groups is 1. The number of nitrogens with zero attached hydrogens (tertiary/aromatic N) is 5. The van der Waals surface area contributed by atoms with Crippen molar-refractivity contribution in [3.63, 3.8) is 0 Å². The van der Waals surface area contributed by atoms with Crippen molar-refractivity contribution in [2.45, 2.75) is 96.2 Å². The molecule has 528 valence electrons. The van der Waals surface area contributed by atoms with E-state index < -0.39 is 59.7 Å². The second-order valence-electron chi connectivity index (χ2n) is 23.7. The number of nitrogens with one attached hydrogen (secondary N) is 9. The van der Waals surface area contributed by atoms with Crippen LogP contribution in [0.4, 0.5) is 10.5 Å². The summed E-state index contributed by atoms with van der Waals surface area (Å²) in [7, 11) is 0. The van der Waals surface area contributed by atoms with Gasteiger partial charge in [-0.1, -0.05) is 91.3 Å². The Balaban J connectivity index is 1.17. The van der Waals surface area contributed by atoms with Gasteiger partial charge in [0.05, 0.1) is 32.1 Å². The number of amides is 8. The van der Waals surface area contributed by atoms with Crippen LogP contribution in [-0.2, 0) is 56.1 Å². The topological polar surface area (TPSA) is 411 Å². The summed E-state index contributed by atoms with van der Waals surface area (Å²) in [5.74, 6) is -6.21. The van der Waals surface area contributed by atoms with Crippen molar-refractivity contribution in [1.29, 1.82) is 0 Å². The van der Waals surface area contributed by atoms with Crippen LogP contribution in [0, 0.1) is 6.92 Å². The number of rotatable bonds is 38. The number of phenols is 1. The third kappa shape index (κ3) is 32.1. The number of phenolic OH excluding ortho intramolecular Hbond substituents is 1. The molecular formula is C68H97N15O14. The van der Waals surface area contributed by atoms with Gasteiger partial charge >= 0.3 is 23.9 Å². The van der Waals surface area contributed by atoms with E-state index in [1.807, 2.05) is 90.7 Å². The Labute approximate surface area is 566 Å². The van der Waals surface area contributed by atoms with E-state index in [1.54, 1.807) is 33.8 Å². The number of carbonyl (C=O) groups excluding carboxylic acids is 7. The molecule has 0 aliphatic carbocycles. The molecule has 15 N–H and O–H groups in total. The SMILES string of the molecule is CCC(=O)NCCNC(=O)/N=C(/N)NCCC[C@@H](NC(=O)[C@H](c1ccccc1)c1ccc(NCCCNC(=O)[C@@H](CCCNC(=O)CN2CCN(CC(=O)O)CCN(CC(=O)O)CCN(CC(=O)O)CC2)NC(=O)CCCc2ccc(C)cc2)cc1)C(=O)NCc1ccc(O)cc1. The van der Waals surface area contributed by atoms with Gasteiger partial charge in [-0.15, -0.1) is 0 Å². The van der Waals surface area contributed by atoms with Gasteiger partial charge in [-0.25, -0.2) is 4.79 Å². The summed E-state index contributed by atoms with van der Waals surface area (Å²) >= 11 is 0. The van der Waals surface area contributed by atoms with Crippen LogP contribution in [0.2, 0.25) is 0 Å². The Morgan fingerprint density at radius 3 is 1.55 bits per heavy atom. The van der Waals surface area contributed by atoms with Gasteiger partial charge in [0.2, 0.25) is 35.4 Å². The molecule has 29 heteroatoms. The zero-order valence-corrected chi connectivity index (χ0v) is 55.5. The fourth-order valence-electron chi connectivity index (χ4n) is 10.6. The predicted octanol–water partition coefficient (Wildman–Crippen LogP) is 1.35. The molecule has 0 saturated carbocycles. The first kappa shape index (κ1) is 78.0. The quantitative estimate of drug-likeness (QED) is 0.0171. The van der Waals surface area contributed by atoms with Crippen molar-refractivity contribution in [1.82, 2.24) is 62.1 Å². The minimum absolute atomic E-state index is 0.0688. The van der Waals surface area contributed by atoms with Gasteiger partial charge in [-0.05, 0) is 98.4 Å². The van der Waals surface area contributed by atoms with E-state index in [0.29, 0.717) is 56.2 Å². The molecule has 0 unspecified atom stereocenters. The zero-order valence-electron chi connectivity index (χ0n) is 55.5. The number of aliphatic carboxylic acids is 3. The molecule has 4 aromatic rings. The second-order valence-corrected chi connectivity index (χ2v) is 23.7. The molecule has 8 amide bonds. The van der Waals surface area contributed by atoms with Gasteiger partial charge in [0, 0.05) is 117 Å². The highest BCUT2D eigenvalue weighted by molar-refractivity contribution is 5.93. The second kappa shape index (κ2) is 43.4. The number of anilines is 1. The number of aromatic hydroxyl groups is 1. The van der Waals surface area contributed by atoms with Gasteiger partial charge in [-0.2, -0.15) is 4.99 Å². The lowest BCUT2D eigenvalue weighted by Gasteiger charge is -2.32. The Hall–Kier alpha value is -9.71. The van der Waals surface area contributed by atoms with Crippen LogP contribution in [0.3, 0.4) is 0 Å². The lowest BCUT2D eigenvalue weighted by atomic mass is 9.90. The van der Waals surface area contributed by atoms with Crippen LogP contribution < -0.4 is 53.6 Å². The normalized spacial score (nSPS) is 14.6. The Morgan fingerprint density at radius 1 is 0.485 bits per heavy atom. The van der Waals surface area contributed by atoms with Gasteiger partial charge in [0.25, 0.3) is 0 Å². The summed E-state index contributed by atoms with van der Waals surface area (Å²) in [6.45, 7) is 6.23. The molecule has 1 aliphatic rings. The summed E-state index contributed by atoms with van der Waals surface area (Å²) in [5, 5.41) is 64.5. The van der Waals surface area contributed by atoms with E-state index in [2.05, 4.69) is 52.8 Å². The highest BCUT2D eigenvalue weighted by atomic mass is 16.4. The van der Waals surface area contributed by atoms with Crippen molar-refractivity contribution >= 4 is 71.0 Å². The molecule has 0 spiro atoms. The fourth-order valence-corrected chi connectivity index (χ4v) is 10.6. The summed E-state index contributed by atoms with van der Waals surface area (Å²) < 4.78 is 0. The molecule has 0 radical (unpaired) electrons. The third-order valence-corrected chi connectivity index (χ3v) is 15.9. The highest BCUT2D eigenvalue weighted by Crippen LogP contribution is 2.27. The summed E-state index contributed by atoms with van der Waals surface area (Å²) in [5.41, 5.74) is 10.9. The molecule has 1 aliphatic heterocycles. The number of benzene rings is 4. The van der Waals surface area contributed by atoms with Crippen LogP contribution in [-0.4, -0.2) is 235 Å². The standard InChI is InChI=1S/C68H97N15O14/c1-3-57(85)72-33-34-75-68(97)79-67(69)74-30-9-15-56(65(95)76-43-50-21-27-54(84)28-22-50)78-66(96)63(51-12-5-4-6-13-51)52-23-25-53(26-24-52)70-31-10-32-73-64(94)55(77-58(86)16-7-11-49-19-17-48(2)18-20-49)14-8-29-71-59(87)44-80-35-37-81(45-60(88)89)39-41-83(47-62(92)93)42-40-82(38-36-80)46-61(90)91/h4-6,12-13,17-28,55-56,63,70,84H,3,7-11,14-16,29-47H2,1-2H3,(H,71,87)(H,72,85)(H,73,94)(H,76,95)(H,77,86)(H,78,96)(H,88,89)(H,90,91)(H,92,93)(H4,69,74,75,79,97)/t55-,56-,63-/m1/s1. The minimum Gasteiger partial charge on any atom is -0.508 e. The van der Waals surface area contributed by atoms with Crippen LogP contribution in [0.5, 0.6) is 5.75 Å². The number of carboxylic acid groups (broad SMARTS) is 3. The Bertz CT molecular complexity index is 3150. The molecule has 0 aromatic heterocycles. The average Bonchev–Trinajstić information content (AvgIpc) is 0.830. The molecular weight excluding hydrogens is 1250 g/mol. The fraction of sp³-hybridized carbons (Fsp3) is 0.485. The first-order chi connectivity index (χ1) is 46.6. The zero-order chi connectivity index (χ0) is 70.3. The lowest BCUT2D eigenvalue weighted by Crippen LogP contribution is -2.50. The van der Waals surface area contributed by atoms with Crippen molar-refractivity contribution in [2.75, 3.05) is 123 Å². The number of hydrogen-bond donors (Lipinski definition) is 14. The lowest BCUT2D eigenvalue weighted by molar-refractivity contribution is -0.140. The van der Waals surface area contributed by atoms with E-state index in [4.69, 9.17) is 5.73 Å². The van der Waals surface area contributed by atoms with Gasteiger partial charge in [-0.3, -0.25) is 62.8 Å². The number of carboxylic acids is 3. The van der Waals surface area contributed by atoms with Crippen molar-refractivity contribution < 1.29 is 68.4 Å². The molecule has 1 heterocycles. The first-order valence-electron chi connectivity index (χ1n) is 32.9. The molecule has 29 nitrogen and oxygen atoms in total. The third-order valence-electron chi connectivity index (χ3n) is 15.9. The number of aliphatic imine (C=N–C) groups is 1. The summed E-state index contributed by atoms with van der Waals surface area (Å²) in [4.78, 5) is 139. The van der Waals surface area contributed by atoms with Crippen molar-refractivity contribution in [2.24, 2.45) is 10.7 Å². The van der Waals surface area contributed by atoms with Crippen LogP contribution >= 0.6 is 0 Å².